The number of carbonyl (C=O) groups is 2. The number of amides is 1. The lowest BCUT2D eigenvalue weighted by Gasteiger charge is -2.44. The average Bonchev–Trinajstić information content (AvgIpc) is 2.55. The van der Waals surface area contributed by atoms with Crippen LogP contribution in [0, 0.1) is 5.92 Å². The Morgan fingerprint density at radius 1 is 1.36 bits per heavy atom. The summed E-state index contributed by atoms with van der Waals surface area (Å²) in [6, 6.07) is 6.93. The first kappa shape index (κ1) is 15.8. The summed E-state index contributed by atoms with van der Waals surface area (Å²) in [7, 11) is 2.89. The fourth-order valence-electron chi connectivity index (χ4n) is 2.27. The van der Waals surface area contributed by atoms with Crippen molar-refractivity contribution < 1.29 is 19.1 Å². The standard InChI is InChI=1S/C16H18N2O4/c1-4-13-14(9-17-10-15(19)22-3)18(16(13)20)11-5-7-12(21-2)8-6-11/h4-9,13-14H,1,10H2,2-3H3/t13-,14+/m1/s1. The van der Waals surface area contributed by atoms with Gasteiger partial charge in [-0.25, -0.2) is 0 Å². The number of benzene rings is 1. The summed E-state index contributed by atoms with van der Waals surface area (Å²) in [5.41, 5.74) is 0.749. The van der Waals surface area contributed by atoms with Crippen LogP contribution >= 0.6 is 0 Å². The van der Waals surface area contributed by atoms with Crippen LogP contribution in [0.3, 0.4) is 0 Å². The fraction of sp³-hybridized carbons (Fsp3) is 0.312. The molecule has 6 nitrogen and oxygen atoms in total. The minimum Gasteiger partial charge on any atom is -0.497 e. The van der Waals surface area contributed by atoms with Gasteiger partial charge in [0.05, 0.1) is 26.2 Å². The average molecular weight is 302 g/mol. The molecule has 2 rings (SSSR count). The van der Waals surface area contributed by atoms with Gasteiger partial charge in [0.25, 0.3) is 0 Å². The third-order valence-corrected chi connectivity index (χ3v) is 3.50. The van der Waals surface area contributed by atoms with Gasteiger partial charge in [0.15, 0.2) is 0 Å². The Bertz CT molecular complexity index is 595. The van der Waals surface area contributed by atoms with E-state index in [4.69, 9.17) is 4.74 Å². The second kappa shape index (κ2) is 6.89. The van der Waals surface area contributed by atoms with Crippen LogP contribution in [0.5, 0.6) is 5.75 Å². The van der Waals surface area contributed by atoms with Crippen LogP contribution in [0.25, 0.3) is 0 Å². The highest BCUT2D eigenvalue weighted by Crippen LogP contribution is 2.33. The zero-order valence-electron chi connectivity index (χ0n) is 12.6. The van der Waals surface area contributed by atoms with Crippen LogP contribution in [-0.4, -0.2) is 44.9 Å². The quantitative estimate of drug-likeness (QED) is 0.345. The molecule has 1 aliphatic rings. The Balaban J connectivity index is 2.15. The van der Waals surface area contributed by atoms with E-state index in [-0.39, 0.29) is 24.4 Å². The van der Waals surface area contributed by atoms with Gasteiger partial charge in [-0.3, -0.25) is 14.6 Å². The third-order valence-electron chi connectivity index (χ3n) is 3.50. The minimum absolute atomic E-state index is 0.0466. The molecule has 1 aromatic carbocycles. The molecule has 0 aliphatic carbocycles. The van der Waals surface area contributed by atoms with E-state index < -0.39 is 5.97 Å². The van der Waals surface area contributed by atoms with Gasteiger partial charge < -0.3 is 14.4 Å². The van der Waals surface area contributed by atoms with Gasteiger partial charge >= 0.3 is 5.97 Å². The number of hydrogen-bond acceptors (Lipinski definition) is 5. The first-order valence-electron chi connectivity index (χ1n) is 6.78. The number of rotatable bonds is 6. The Kier molecular flexibility index (Phi) is 4.93. The van der Waals surface area contributed by atoms with Crippen molar-refractivity contribution in [1.29, 1.82) is 0 Å². The van der Waals surface area contributed by atoms with Crippen molar-refractivity contribution in [2.75, 3.05) is 25.7 Å². The molecule has 0 spiro atoms. The van der Waals surface area contributed by atoms with Crippen molar-refractivity contribution in [2.45, 2.75) is 6.04 Å². The van der Waals surface area contributed by atoms with Gasteiger partial charge in [-0.2, -0.15) is 0 Å². The maximum Gasteiger partial charge on any atom is 0.327 e. The zero-order chi connectivity index (χ0) is 16.1. The Morgan fingerprint density at radius 2 is 2.05 bits per heavy atom. The van der Waals surface area contributed by atoms with Gasteiger partial charge in [-0.1, -0.05) is 6.08 Å². The molecule has 116 valence electrons. The molecule has 0 aromatic heterocycles. The van der Waals surface area contributed by atoms with Crippen LogP contribution in [0.15, 0.2) is 41.9 Å². The topological polar surface area (TPSA) is 68.2 Å². The molecule has 2 atom stereocenters. The van der Waals surface area contributed by atoms with Crippen molar-refractivity contribution >= 4 is 23.8 Å². The summed E-state index contributed by atoms with van der Waals surface area (Å²) in [6.07, 6.45) is 3.19. The summed E-state index contributed by atoms with van der Waals surface area (Å²) >= 11 is 0. The van der Waals surface area contributed by atoms with Gasteiger partial charge in [0.2, 0.25) is 5.91 Å². The van der Waals surface area contributed by atoms with E-state index in [1.807, 2.05) is 0 Å². The summed E-state index contributed by atoms with van der Waals surface area (Å²) < 4.78 is 9.63. The molecule has 0 radical (unpaired) electrons. The molecule has 1 aliphatic heterocycles. The second-order valence-corrected chi connectivity index (χ2v) is 4.72. The van der Waals surface area contributed by atoms with E-state index in [9.17, 15) is 9.59 Å². The largest absolute Gasteiger partial charge is 0.497 e. The molecule has 6 heteroatoms. The molecule has 0 bridgehead atoms. The minimum atomic E-state index is -0.423. The summed E-state index contributed by atoms with van der Waals surface area (Å²) in [4.78, 5) is 28.9. The first-order chi connectivity index (χ1) is 10.6. The lowest BCUT2D eigenvalue weighted by molar-refractivity contribution is -0.138. The summed E-state index contributed by atoms with van der Waals surface area (Å²) in [6.45, 7) is 3.61. The number of aliphatic imine (C=N–C) groups is 1. The molecule has 22 heavy (non-hydrogen) atoms. The van der Waals surface area contributed by atoms with E-state index in [2.05, 4.69) is 16.3 Å². The molecular weight excluding hydrogens is 284 g/mol. The van der Waals surface area contributed by atoms with Gasteiger partial charge in [0.1, 0.15) is 12.3 Å². The van der Waals surface area contributed by atoms with Crippen molar-refractivity contribution in [1.82, 2.24) is 0 Å². The first-order valence-corrected chi connectivity index (χ1v) is 6.78. The Hall–Kier alpha value is -2.63. The number of anilines is 1. The summed E-state index contributed by atoms with van der Waals surface area (Å²) in [5, 5.41) is 0. The molecule has 1 heterocycles. The predicted octanol–water partition coefficient (Wildman–Crippen LogP) is 1.46. The molecule has 0 saturated carbocycles. The van der Waals surface area contributed by atoms with Crippen molar-refractivity contribution in [3.63, 3.8) is 0 Å². The van der Waals surface area contributed by atoms with E-state index in [0.717, 1.165) is 5.69 Å². The monoisotopic (exact) mass is 302 g/mol. The smallest absolute Gasteiger partial charge is 0.327 e. The second-order valence-electron chi connectivity index (χ2n) is 4.72. The van der Waals surface area contributed by atoms with E-state index in [0.29, 0.717) is 5.75 Å². The molecule has 1 saturated heterocycles. The number of methoxy groups -OCH3 is 2. The number of esters is 1. The Morgan fingerprint density at radius 3 is 2.59 bits per heavy atom. The highest BCUT2D eigenvalue weighted by Gasteiger charge is 2.45. The molecular formula is C16H18N2O4. The molecule has 1 amide bonds. The SMILES string of the molecule is C=C[C@H]1C(=O)N(c2ccc(OC)cc2)[C@H]1C=NCC(=O)OC. The molecule has 0 N–H and O–H groups in total. The summed E-state index contributed by atoms with van der Waals surface area (Å²) in [5.74, 6) is -0.0841. The number of carbonyl (C=O) groups excluding carboxylic acids is 2. The van der Waals surface area contributed by atoms with Crippen LogP contribution in [0.2, 0.25) is 0 Å². The highest BCUT2D eigenvalue weighted by atomic mass is 16.5. The van der Waals surface area contributed by atoms with E-state index >= 15 is 0 Å². The zero-order valence-corrected chi connectivity index (χ0v) is 12.6. The van der Waals surface area contributed by atoms with Crippen molar-refractivity contribution in [3.05, 3.63) is 36.9 Å². The van der Waals surface area contributed by atoms with Crippen molar-refractivity contribution in [3.8, 4) is 5.75 Å². The number of ether oxygens (including phenoxy) is 2. The number of nitrogens with zero attached hydrogens (tertiary/aromatic N) is 2. The Labute approximate surface area is 129 Å². The van der Waals surface area contributed by atoms with Crippen LogP contribution < -0.4 is 9.64 Å². The van der Waals surface area contributed by atoms with Crippen LogP contribution in [-0.2, 0) is 14.3 Å². The lowest BCUT2D eigenvalue weighted by atomic mass is 9.87. The van der Waals surface area contributed by atoms with E-state index in [1.54, 1.807) is 48.6 Å². The highest BCUT2D eigenvalue weighted by molar-refractivity contribution is 6.09. The van der Waals surface area contributed by atoms with E-state index in [1.165, 1.54) is 7.11 Å². The van der Waals surface area contributed by atoms with Crippen molar-refractivity contribution in [2.24, 2.45) is 10.9 Å². The predicted molar refractivity (Wildman–Crippen MR) is 83.3 cm³/mol. The molecule has 0 unspecified atom stereocenters. The van der Waals surface area contributed by atoms with Gasteiger partial charge in [-0.15, -0.1) is 6.58 Å². The molecule has 1 fully saturated rings. The maximum absolute atomic E-state index is 12.2. The lowest BCUT2D eigenvalue weighted by Crippen LogP contribution is -2.61. The third kappa shape index (κ3) is 3.00. The molecule has 1 aromatic rings. The van der Waals surface area contributed by atoms with Gasteiger partial charge in [-0.05, 0) is 24.3 Å². The fourth-order valence-corrected chi connectivity index (χ4v) is 2.27. The number of hydrogen-bond donors (Lipinski definition) is 0. The maximum atomic E-state index is 12.2. The van der Waals surface area contributed by atoms with Crippen LogP contribution in [0.4, 0.5) is 5.69 Å². The van der Waals surface area contributed by atoms with Crippen LogP contribution in [0.1, 0.15) is 0 Å². The normalized spacial score (nSPS) is 20.6. The van der Waals surface area contributed by atoms with Gasteiger partial charge in [0, 0.05) is 11.9 Å². The number of β-lactam (4-membered cyclic amide) rings is 1.